The minimum Gasteiger partial charge on any atom is -0.489 e. The van der Waals surface area contributed by atoms with Gasteiger partial charge in [-0.3, -0.25) is 14.5 Å². The lowest BCUT2D eigenvalue weighted by atomic mass is 9.95. The standard InChI is InChI=1S/2C35H34FN3O3.C26H27N3O.C18H24N4O/c1-24-6-4-8-26(18-24)23-42-33-13-12-28(20-29(33)22-40)35(41)38-16-14-27(15-17-38)34-37-31-10-2-3-11-32(31)39(34)21-25-7-5-9-30(36)19-25;1-24-6-8-26(9-7-24)23-42-33-15-12-28(20-29(33)22-40)35(41)38-18-16-27(17-19-38)34-37-31-4-2-3-5-32(31)39(34)21-25-10-13-30(36)14-11-25;1-2-6-21(7-3-1)19-30-23-12-10-20(11-13-23)18-29-16-14-22(15-17-29)26-27-24-8-4-5-9-25(24)28-26;23-18(21-10-4-1-5-11-21)22-12-8-14(9-13-22)17-19-15-6-2-3-7-16(15)20-17/h2-13,18-20,27,40H,14-17,21-23H2,1H3;2-15,20,27,40H,16-19,21-23H2,1H3;1-13,22H,14-19H2,(H,27,28);2-3,6-7,14H,1,4-5,8-13H2,(H,19,20). The van der Waals surface area contributed by atoms with Gasteiger partial charge in [0.05, 0.1) is 57.3 Å². The molecule has 16 aromatic rings. The Morgan fingerprint density at radius 1 is 0.350 bits per heavy atom. The maximum absolute atomic E-state index is 13.9. The SMILES string of the molecule is Cc1ccc(COc2ccc(C(=O)N3CCC(c4nc5ccccc5n4Cc4ccc(F)cc4)CC3)cc2CO)cc1.Cc1cccc(COc2ccc(C(=O)N3CCC(c4nc5ccccc5n4Cc4cccc(F)c4)CC3)cc2CO)c1.O=C(N1CCCCC1)N1CCC(c2nc3ccccc3[nH]2)CC1.c1ccc(COc2ccc(CN3CCC(c4nc5ccccc5[nH]4)CC3)cc2)cc1. The molecule has 4 N–H and O–H groups in total. The number of carbonyl (C=O) groups excluding carboxylic acids is 3. The van der Waals surface area contributed by atoms with Crippen molar-refractivity contribution >= 4 is 62.0 Å². The van der Waals surface area contributed by atoms with Crippen LogP contribution in [-0.2, 0) is 52.7 Å². The molecule has 0 atom stereocenters. The van der Waals surface area contributed by atoms with Crippen LogP contribution in [0.5, 0.6) is 17.2 Å². The largest absolute Gasteiger partial charge is 0.489 e. The highest BCUT2D eigenvalue weighted by molar-refractivity contribution is 5.95. The van der Waals surface area contributed by atoms with Crippen LogP contribution in [0, 0.1) is 25.5 Å². The van der Waals surface area contributed by atoms with Crippen LogP contribution >= 0.6 is 0 Å². The van der Waals surface area contributed by atoms with Crippen molar-refractivity contribution in [2.24, 2.45) is 0 Å². The average molecular weight is 1840 g/mol. The van der Waals surface area contributed by atoms with E-state index in [2.05, 4.69) is 103 Å². The zero-order chi connectivity index (χ0) is 93.9. The van der Waals surface area contributed by atoms with Crippen molar-refractivity contribution in [1.29, 1.82) is 0 Å². The number of aliphatic hydroxyl groups excluding tert-OH is 2. The maximum atomic E-state index is 13.9. The molecule has 23 heteroatoms. The van der Waals surface area contributed by atoms with E-state index in [0.29, 0.717) is 105 Å². The highest BCUT2D eigenvalue weighted by Crippen LogP contribution is 2.38. The van der Waals surface area contributed by atoms with E-state index in [9.17, 15) is 33.4 Å². The van der Waals surface area contributed by atoms with E-state index in [4.69, 9.17) is 34.1 Å². The second-order valence-corrected chi connectivity index (χ2v) is 36.8. The van der Waals surface area contributed by atoms with Gasteiger partial charge in [-0.2, -0.15) is 0 Å². The zero-order valence-electron chi connectivity index (χ0n) is 78.0. The fraction of sp³-hybridized carbons (Fsp3) is 0.307. The Morgan fingerprint density at radius 2 is 0.781 bits per heavy atom. The minimum absolute atomic E-state index is 0.0481. The quantitative estimate of drug-likeness (QED) is 0.0468. The number of urea groups is 1. The zero-order valence-corrected chi connectivity index (χ0v) is 78.0. The summed E-state index contributed by atoms with van der Waals surface area (Å²) in [5.74, 6) is 7.04. The van der Waals surface area contributed by atoms with Gasteiger partial charge in [0.15, 0.2) is 0 Å². The fourth-order valence-electron chi connectivity index (χ4n) is 19.6. The van der Waals surface area contributed by atoms with Crippen molar-refractivity contribution in [3.8, 4) is 17.2 Å². The third-order valence-corrected chi connectivity index (χ3v) is 27.2. The first-order chi connectivity index (χ1) is 67.1. The number of rotatable bonds is 23. The molecule has 702 valence electrons. The predicted octanol–water partition coefficient (Wildman–Crippen LogP) is 22.1. The van der Waals surface area contributed by atoms with Crippen molar-refractivity contribution in [1.82, 2.24) is 63.5 Å². The van der Waals surface area contributed by atoms with Crippen molar-refractivity contribution in [2.75, 3.05) is 65.4 Å². The van der Waals surface area contributed by atoms with Gasteiger partial charge in [-0.15, -0.1) is 0 Å². The van der Waals surface area contributed by atoms with Gasteiger partial charge in [-0.1, -0.05) is 175 Å². The summed E-state index contributed by atoms with van der Waals surface area (Å²) in [5, 5.41) is 20.0. The molecule has 5 aliphatic heterocycles. The third-order valence-electron chi connectivity index (χ3n) is 27.2. The third kappa shape index (κ3) is 23.5. The summed E-state index contributed by atoms with van der Waals surface area (Å²) < 4.78 is 49.7. The number of H-pyrrole nitrogens is 2. The predicted molar refractivity (Wildman–Crippen MR) is 533 cm³/mol. The fourth-order valence-corrected chi connectivity index (χ4v) is 19.6. The molecule has 21 rings (SSSR count). The molecular weight excluding hydrogens is 1720 g/mol. The molecule has 12 aromatic carbocycles. The van der Waals surface area contributed by atoms with E-state index in [1.54, 1.807) is 48.5 Å². The van der Waals surface area contributed by atoms with Gasteiger partial charge in [0.25, 0.3) is 11.8 Å². The van der Waals surface area contributed by atoms with Gasteiger partial charge < -0.3 is 63.1 Å². The summed E-state index contributed by atoms with van der Waals surface area (Å²) in [4.78, 5) is 76.3. The van der Waals surface area contributed by atoms with Crippen molar-refractivity contribution in [3.05, 3.63) is 387 Å². The molecule has 4 amide bonds. The molecule has 5 fully saturated rings. The lowest BCUT2D eigenvalue weighted by Crippen LogP contribution is -2.48. The molecule has 0 unspecified atom stereocenters. The molecule has 0 radical (unpaired) electrons. The Kier molecular flexibility index (Phi) is 30.3. The number of hydrogen-bond acceptors (Lipinski definition) is 13. The number of aliphatic hydroxyl groups is 2. The van der Waals surface area contributed by atoms with Crippen molar-refractivity contribution in [2.45, 2.75) is 161 Å². The lowest BCUT2D eigenvalue weighted by molar-refractivity contribution is 0.0702. The number of piperidine rings is 5. The Bertz CT molecular complexity index is 6680. The number of amides is 4. The van der Waals surface area contributed by atoms with Gasteiger partial charge in [0.2, 0.25) is 0 Å². The van der Waals surface area contributed by atoms with Gasteiger partial charge in [0, 0.05) is 118 Å². The second-order valence-electron chi connectivity index (χ2n) is 36.8. The smallest absolute Gasteiger partial charge is 0.319 e. The number of para-hydroxylation sites is 8. The molecule has 0 saturated carbocycles. The molecule has 137 heavy (non-hydrogen) atoms. The van der Waals surface area contributed by atoms with Crippen LogP contribution in [0.25, 0.3) is 44.1 Å². The summed E-state index contributed by atoms with van der Waals surface area (Å²) in [6.07, 6.45) is 11.0. The normalized spacial score (nSPS) is 15.3. The van der Waals surface area contributed by atoms with Crippen LogP contribution in [0.1, 0.15) is 194 Å². The number of aromatic amines is 2. The highest BCUT2D eigenvalue weighted by Gasteiger charge is 2.34. The van der Waals surface area contributed by atoms with Crippen LogP contribution in [0.15, 0.2) is 285 Å². The number of fused-ring (bicyclic) bond motifs is 4. The lowest BCUT2D eigenvalue weighted by Gasteiger charge is -2.36. The molecule has 21 nitrogen and oxygen atoms in total. The molecule has 5 aliphatic rings. The van der Waals surface area contributed by atoms with E-state index in [1.165, 1.54) is 41.3 Å². The summed E-state index contributed by atoms with van der Waals surface area (Å²) in [7, 11) is 0. The van der Waals surface area contributed by atoms with E-state index < -0.39 is 0 Å². The van der Waals surface area contributed by atoms with Gasteiger partial charge in [0.1, 0.15) is 72.0 Å². The van der Waals surface area contributed by atoms with Gasteiger partial charge >= 0.3 is 6.03 Å². The number of halogens is 2. The van der Waals surface area contributed by atoms with E-state index >= 15 is 0 Å². The van der Waals surface area contributed by atoms with E-state index in [0.717, 1.165) is 211 Å². The van der Waals surface area contributed by atoms with Crippen LogP contribution in [0.4, 0.5) is 13.6 Å². The second kappa shape index (κ2) is 44.6. The van der Waals surface area contributed by atoms with E-state index in [1.807, 2.05) is 173 Å². The number of ether oxygens (including phenoxy) is 3. The number of benzene rings is 12. The first-order valence-corrected chi connectivity index (χ1v) is 48.3. The van der Waals surface area contributed by atoms with Crippen LogP contribution in [0.3, 0.4) is 0 Å². The number of hydrogen-bond donors (Lipinski definition) is 4. The molecule has 0 spiro atoms. The summed E-state index contributed by atoms with van der Waals surface area (Å²) in [5.41, 5.74) is 19.4. The van der Waals surface area contributed by atoms with Crippen molar-refractivity contribution < 1.29 is 47.6 Å². The molecule has 5 saturated heterocycles. The maximum Gasteiger partial charge on any atom is 0.319 e. The summed E-state index contributed by atoms with van der Waals surface area (Å²) in [6, 6.07) is 91.7. The number of aryl methyl sites for hydroxylation is 2. The first kappa shape index (κ1) is 93.3. The Labute approximate surface area is 798 Å². The monoisotopic (exact) mass is 1840 g/mol. The van der Waals surface area contributed by atoms with Gasteiger partial charge in [-0.25, -0.2) is 33.5 Å². The molecule has 0 aliphatic carbocycles. The van der Waals surface area contributed by atoms with Crippen molar-refractivity contribution in [3.63, 3.8) is 0 Å². The van der Waals surface area contributed by atoms with Gasteiger partial charge in [-0.05, 0) is 252 Å². The Hall–Kier alpha value is -14.1. The number of likely N-dealkylation sites (tertiary alicyclic amines) is 5. The molecule has 4 aromatic heterocycles. The Balaban J connectivity index is 0.000000124. The number of aromatic nitrogens is 8. The first-order valence-electron chi connectivity index (χ1n) is 48.3. The topological polar surface area (TPSA) is 229 Å². The molecular formula is C114H119F2N13O8. The minimum atomic E-state index is -0.250. The Morgan fingerprint density at radius 3 is 1.31 bits per heavy atom. The molecule has 0 bridgehead atoms. The number of nitrogens with one attached hydrogen (secondary N) is 2. The summed E-state index contributed by atoms with van der Waals surface area (Å²) in [6.45, 7) is 15.4. The average Bonchev–Trinajstić information content (AvgIpc) is 1.64. The molecule has 9 heterocycles. The highest BCUT2D eigenvalue weighted by atomic mass is 19.1. The number of imidazole rings is 4. The van der Waals surface area contributed by atoms with Crippen LogP contribution in [-0.4, -0.2) is 157 Å². The van der Waals surface area contributed by atoms with Crippen LogP contribution in [0.2, 0.25) is 0 Å². The van der Waals surface area contributed by atoms with E-state index in [-0.39, 0.29) is 54.5 Å². The number of nitrogens with zero attached hydrogens (tertiary/aromatic N) is 11. The van der Waals surface area contributed by atoms with Crippen LogP contribution < -0.4 is 14.2 Å². The number of carbonyl (C=O) groups is 3. The summed E-state index contributed by atoms with van der Waals surface area (Å²) >= 11 is 0.